The van der Waals surface area contributed by atoms with Gasteiger partial charge in [-0.2, -0.15) is 5.26 Å². The molecule has 3 aromatic rings. The number of ether oxygens (including phenoxy) is 1. The summed E-state index contributed by atoms with van der Waals surface area (Å²) in [5, 5.41) is 9.01. The number of rotatable bonds is 6. The smallest absolute Gasteiger partial charge is 0.244 e. The number of sulfonamides is 1. The summed E-state index contributed by atoms with van der Waals surface area (Å²) in [6, 6.07) is 23.5. The first-order valence-corrected chi connectivity index (χ1v) is 9.74. The Morgan fingerprint density at radius 3 is 2.41 bits per heavy atom. The maximum Gasteiger partial charge on any atom is 0.244 e. The molecular formula is C21H18N2O3S. The predicted octanol–water partition coefficient (Wildman–Crippen LogP) is 3.71. The molecule has 1 N–H and O–H groups in total. The summed E-state index contributed by atoms with van der Waals surface area (Å²) in [4.78, 5) is 0.109. The van der Waals surface area contributed by atoms with Gasteiger partial charge < -0.3 is 4.74 Å². The topological polar surface area (TPSA) is 79.2 Å². The highest BCUT2D eigenvalue weighted by Gasteiger charge is 2.18. The number of nitrogens with zero attached hydrogens (tertiary/aromatic N) is 1. The van der Waals surface area contributed by atoms with Crippen molar-refractivity contribution in [1.29, 1.82) is 5.26 Å². The highest BCUT2D eigenvalue weighted by atomic mass is 32.2. The SMILES string of the molecule is COc1ccccc1S(=O)(=O)NCc1ccc(-c2cccc(C#N)c2)cc1. The minimum absolute atomic E-state index is 0.109. The van der Waals surface area contributed by atoms with Gasteiger partial charge in [0, 0.05) is 6.54 Å². The average molecular weight is 378 g/mol. The minimum atomic E-state index is -3.68. The maximum atomic E-state index is 12.5. The fourth-order valence-corrected chi connectivity index (χ4v) is 3.87. The Balaban J connectivity index is 1.74. The molecule has 0 spiro atoms. The van der Waals surface area contributed by atoms with E-state index in [2.05, 4.69) is 10.8 Å². The molecular weight excluding hydrogens is 360 g/mol. The van der Waals surface area contributed by atoms with Crippen molar-refractivity contribution in [2.75, 3.05) is 7.11 Å². The van der Waals surface area contributed by atoms with Crippen molar-refractivity contribution in [2.45, 2.75) is 11.4 Å². The van der Waals surface area contributed by atoms with Crippen molar-refractivity contribution in [3.05, 3.63) is 83.9 Å². The third kappa shape index (κ3) is 4.34. The van der Waals surface area contributed by atoms with E-state index in [4.69, 9.17) is 10.00 Å². The van der Waals surface area contributed by atoms with Crippen LogP contribution >= 0.6 is 0 Å². The molecule has 5 nitrogen and oxygen atoms in total. The van der Waals surface area contributed by atoms with Crippen molar-refractivity contribution < 1.29 is 13.2 Å². The van der Waals surface area contributed by atoms with Gasteiger partial charge in [-0.25, -0.2) is 13.1 Å². The fraction of sp³-hybridized carbons (Fsp3) is 0.0952. The molecule has 0 bridgehead atoms. The van der Waals surface area contributed by atoms with Gasteiger partial charge in [0.15, 0.2) is 0 Å². The van der Waals surface area contributed by atoms with Gasteiger partial charge in [0.25, 0.3) is 0 Å². The van der Waals surface area contributed by atoms with Crippen molar-refractivity contribution in [3.63, 3.8) is 0 Å². The summed E-state index contributed by atoms with van der Waals surface area (Å²) in [5.74, 6) is 0.303. The molecule has 0 radical (unpaired) electrons. The number of para-hydroxylation sites is 1. The van der Waals surface area contributed by atoms with Crippen LogP contribution in [0.2, 0.25) is 0 Å². The molecule has 0 aliphatic heterocycles. The van der Waals surface area contributed by atoms with Gasteiger partial charge in [-0.3, -0.25) is 0 Å². The molecule has 0 unspecified atom stereocenters. The Bertz CT molecular complexity index is 1080. The summed E-state index contributed by atoms with van der Waals surface area (Å²) in [7, 11) is -2.24. The Morgan fingerprint density at radius 2 is 1.70 bits per heavy atom. The number of benzene rings is 3. The van der Waals surface area contributed by atoms with Crippen LogP contribution < -0.4 is 9.46 Å². The van der Waals surface area contributed by atoms with Gasteiger partial charge in [0.1, 0.15) is 10.6 Å². The standard InChI is InChI=1S/C21H18N2O3S/c1-26-20-7-2-3-8-21(20)27(24,25)23-15-16-9-11-18(12-10-16)19-6-4-5-17(13-19)14-22/h2-13,23H,15H2,1H3. The van der Waals surface area contributed by atoms with E-state index in [0.29, 0.717) is 11.3 Å². The molecule has 6 heteroatoms. The Morgan fingerprint density at radius 1 is 0.963 bits per heavy atom. The Kier molecular flexibility index (Phi) is 5.55. The first-order valence-electron chi connectivity index (χ1n) is 8.25. The van der Waals surface area contributed by atoms with Crippen LogP contribution in [0.5, 0.6) is 5.75 Å². The molecule has 0 aromatic heterocycles. The van der Waals surface area contributed by atoms with E-state index in [9.17, 15) is 8.42 Å². The maximum absolute atomic E-state index is 12.5. The highest BCUT2D eigenvalue weighted by molar-refractivity contribution is 7.89. The number of nitriles is 1. The molecule has 0 saturated heterocycles. The quantitative estimate of drug-likeness (QED) is 0.709. The van der Waals surface area contributed by atoms with Gasteiger partial charge in [-0.15, -0.1) is 0 Å². The summed E-state index contributed by atoms with van der Waals surface area (Å²) < 4.78 is 32.8. The molecule has 3 aromatic carbocycles. The molecule has 136 valence electrons. The fourth-order valence-electron chi connectivity index (χ4n) is 2.68. The lowest BCUT2D eigenvalue weighted by atomic mass is 10.0. The van der Waals surface area contributed by atoms with Gasteiger partial charge in [0.2, 0.25) is 10.0 Å². The first-order chi connectivity index (χ1) is 13.0. The second-order valence-electron chi connectivity index (χ2n) is 5.86. The summed E-state index contributed by atoms with van der Waals surface area (Å²) >= 11 is 0. The number of hydrogen-bond acceptors (Lipinski definition) is 4. The zero-order valence-electron chi connectivity index (χ0n) is 14.7. The van der Waals surface area contributed by atoms with Gasteiger partial charge in [-0.1, -0.05) is 48.5 Å². The molecule has 0 fully saturated rings. The lowest BCUT2D eigenvalue weighted by Crippen LogP contribution is -2.23. The van der Waals surface area contributed by atoms with Crippen LogP contribution in [-0.4, -0.2) is 15.5 Å². The molecule has 0 aliphatic carbocycles. The number of nitrogens with one attached hydrogen (secondary N) is 1. The third-order valence-electron chi connectivity index (χ3n) is 4.10. The summed E-state index contributed by atoms with van der Waals surface area (Å²) in [5.41, 5.74) is 3.33. The van der Waals surface area contributed by atoms with Crippen LogP contribution in [0.1, 0.15) is 11.1 Å². The molecule has 0 aliphatic rings. The Hall–Kier alpha value is -3.14. The molecule has 0 heterocycles. The summed E-state index contributed by atoms with van der Waals surface area (Å²) in [6.07, 6.45) is 0. The number of methoxy groups -OCH3 is 1. The van der Waals surface area contributed by atoms with Crippen LogP contribution in [0.25, 0.3) is 11.1 Å². The zero-order chi connectivity index (χ0) is 19.3. The highest BCUT2D eigenvalue weighted by Crippen LogP contribution is 2.23. The molecule has 27 heavy (non-hydrogen) atoms. The van der Waals surface area contributed by atoms with Crippen molar-refractivity contribution >= 4 is 10.0 Å². The Labute approximate surface area is 158 Å². The van der Waals surface area contributed by atoms with E-state index in [1.54, 1.807) is 24.3 Å². The molecule has 0 amide bonds. The lowest BCUT2D eigenvalue weighted by Gasteiger charge is -2.11. The van der Waals surface area contributed by atoms with E-state index >= 15 is 0 Å². The second-order valence-corrected chi connectivity index (χ2v) is 7.60. The van der Waals surface area contributed by atoms with Crippen LogP contribution in [-0.2, 0) is 16.6 Å². The number of hydrogen-bond donors (Lipinski definition) is 1. The molecule has 0 saturated carbocycles. The normalized spacial score (nSPS) is 11.0. The van der Waals surface area contributed by atoms with Crippen LogP contribution in [0.15, 0.2) is 77.7 Å². The van der Waals surface area contributed by atoms with E-state index < -0.39 is 10.0 Å². The monoisotopic (exact) mass is 378 g/mol. The first kappa shape index (κ1) is 18.6. The van der Waals surface area contributed by atoms with Gasteiger partial charge in [0.05, 0.1) is 18.7 Å². The second kappa shape index (κ2) is 8.04. The lowest BCUT2D eigenvalue weighted by molar-refractivity contribution is 0.402. The zero-order valence-corrected chi connectivity index (χ0v) is 15.5. The minimum Gasteiger partial charge on any atom is -0.495 e. The molecule has 3 rings (SSSR count). The van der Waals surface area contributed by atoms with Crippen molar-refractivity contribution in [1.82, 2.24) is 4.72 Å². The van der Waals surface area contributed by atoms with Crippen LogP contribution in [0, 0.1) is 11.3 Å². The predicted molar refractivity (Wildman–Crippen MR) is 104 cm³/mol. The third-order valence-corrected chi connectivity index (χ3v) is 5.54. The van der Waals surface area contributed by atoms with E-state index in [1.807, 2.05) is 42.5 Å². The van der Waals surface area contributed by atoms with Gasteiger partial charge in [-0.05, 0) is 41.0 Å². The van der Waals surface area contributed by atoms with E-state index in [0.717, 1.165) is 16.7 Å². The van der Waals surface area contributed by atoms with Crippen LogP contribution in [0.3, 0.4) is 0 Å². The van der Waals surface area contributed by atoms with E-state index in [1.165, 1.54) is 13.2 Å². The average Bonchev–Trinajstić information content (AvgIpc) is 2.72. The van der Waals surface area contributed by atoms with Crippen LogP contribution in [0.4, 0.5) is 0 Å². The van der Waals surface area contributed by atoms with Crippen molar-refractivity contribution in [2.24, 2.45) is 0 Å². The van der Waals surface area contributed by atoms with E-state index in [-0.39, 0.29) is 11.4 Å². The largest absolute Gasteiger partial charge is 0.495 e. The molecule has 0 atom stereocenters. The van der Waals surface area contributed by atoms with Crippen molar-refractivity contribution in [3.8, 4) is 22.9 Å². The summed E-state index contributed by atoms with van der Waals surface area (Å²) in [6.45, 7) is 0.166. The van der Waals surface area contributed by atoms with Gasteiger partial charge >= 0.3 is 0 Å².